The van der Waals surface area contributed by atoms with Crippen molar-refractivity contribution in [3.63, 3.8) is 0 Å². The second kappa shape index (κ2) is 6.31. The van der Waals surface area contributed by atoms with E-state index in [1.54, 1.807) is 17.0 Å². The number of nitrogens with zero attached hydrogens (tertiary/aromatic N) is 3. The maximum absolute atomic E-state index is 12.2. The summed E-state index contributed by atoms with van der Waals surface area (Å²) in [6, 6.07) is 1.58. The van der Waals surface area contributed by atoms with Gasteiger partial charge in [-0.25, -0.2) is 13.1 Å². The Morgan fingerprint density at radius 2 is 2.30 bits per heavy atom. The number of thiophene rings is 1. The summed E-state index contributed by atoms with van der Waals surface area (Å²) in [4.78, 5) is 1.03. The molecule has 0 aliphatic rings. The van der Waals surface area contributed by atoms with Gasteiger partial charge in [0.1, 0.15) is 17.0 Å². The molecule has 0 aliphatic carbocycles. The standard InChI is InChI=1S/C10H14BrN5O2S2/c1-16-6-13-15-9(16)2-3-14-20(17,18)8-4-7(5-12)19-10(8)11/h4,6,14H,2-3,5,12H2,1H3. The van der Waals surface area contributed by atoms with Gasteiger partial charge in [-0.2, -0.15) is 0 Å². The lowest BCUT2D eigenvalue weighted by molar-refractivity contribution is 0.580. The average molecular weight is 380 g/mol. The third-order valence-corrected chi connectivity index (χ3v) is 6.38. The Hall–Kier alpha value is -0.810. The van der Waals surface area contributed by atoms with E-state index in [0.29, 0.717) is 16.8 Å². The van der Waals surface area contributed by atoms with Crippen LogP contribution in [0, 0.1) is 0 Å². The number of rotatable bonds is 6. The molecule has 0 bridgehead atoms. The number of aryl methyl sites for hydroxylation is 1. The second-order valence-electron chi connectivity index (χ2n) is 4.06. The molecule has 10 heteroatoms. The summed E-state index contributed by atoms with van der Waals surface area (Å²) >= 11 is 4.57. The Labute approximate surface area is 129 Å². The van der Waals surface area contributed by atoms with Crippen molar-refractivity contribution in [1.82, 2.24) is 19.5 Å². The van der Waals surface area contributed by atoms with Crippen LogP contribution in [0.25, 0.3) is 0 Å². The van der Waals surface area contributed by atoms with E-state index in [0.717, 1.165) is 10.7 Å². The van der Waals surface area contributed by atoms with E-state index in [-0.39, 0.29) is 11.4 Å². The molecule has 0 amide bonds. The van der Waals surface area contributed by atoms with Crippen LogP contribution in [0.3, 0.4) is 0 Å². The van der Waals surface area contributed by atoms with Crippen molar-refractivity contribution in [1.29, 1.82) is 0 Å². The minimum absolute atomic E-state index is 0.223. The first-order chi connectivity index (χ1) is 9.44. The summed E-state index contributed by atoms with van der Waals surface area (Å²) in [6.07, 6.45) is 2.05. The molecule has 7 nitrogen and oxygen atoms in total. The normalized spacial score (nSPS) is 11.9. The van der Waals surface area contributed by atoms with Gasteiger partial charge in [0.05, 0.1) is 3.79 Å². The Morgan fingerprint density at radius 3 is 2.85 bits per heavy atom. The maximum atomic E-state index is 12.2. The van der Waals surface area contributed by atoms with Crippen LogP contribution < -0.4 is 10.5 Å². The second-order valence-corrected chi connectivity index (χ2v) is 8.25. The fourth-order valence-electron chi connectivity index (χ4n) is 1.59. The van der Waals surface area contributed by atoms with Gasteiger partial charge in [-0.05, 0) is 22.0 Å². The zero-order valence-electron chi connectivity index (χ0n) is 10.7. The van der Waals surface area contributed by atoms with Gasteiger partial charge in [0.2, 0.25) is 10.0 Å². The minimum Gasteiger partial charge on any atom is -0.326 e. The van der Waals surface area contributed by atoms with Gasteiger partial charge in [-0.3, -0.25) is 0 Å². The zero-order chi connectivity index (χ0) is 14.8. The molecule has 0 unspecified atom stereocenters. The zero-order valence-corrected chi connectivity index (χ0v) is 13.9. The summed E-state index contributed by atoms with van der Waals surface area (Å²) in [5.41, 5.74) is 5.51. The maximum Gasteiger partial charge on any atom is 0.242 e. The third kappa shape index (κ3) is 3.44. The summed E-state index contributed by atoms with van der Waals surface area (Å²) in [7, 11) is -1.73. The third-order valence-electron chi connectivity index (χ3n) is 2.64. The molecule has 0 aromatic carbocycles. The first-order valence-electron chi connectivity index (χ1n) is 5.75. The Bertz CT molecular complexity index is 694. The molecule has 2 rings (SSSR count). The highest BCUT2D eigenvalue weighted by molar-refractivity contribution is 9.11. The molecule has 0 saturated heterocycles. The molecular formula is C10H14BrN5O2S2. The van der Waals surface area contributed by atoms with Gasteiger partial charge in [-0.1, -0.05) is 0 Å². The largest absolute Gasteiger partial charge is 0.326 e. The van der Waals surface area contributed by atoms with Gasteiger partial charge in [0.25, 0.3) is 0 Å². The molecule has 0 saturated carbocycles. The van der Waals surface area contributed by atoms with Gasteiger partial charge < -0.3 is 10.3 Å². The van der Waals surface area contributed by atoms with Crippen molar-refractivity contribution in [2.24, 2.45) is 12.8 Å². The molecule has 2 aromatic heterocycles. The van der Waals surface area contributed by atoms with E-state index >= 15 is 0 Å². The highest BCUT2D eigenvalue weighted by atomic mass is 79.9. The molecule has 0 fully saturated rings. The summed E-state index contributed by atoms with van der Waals surface area (Å²) in [6.45, 7) is 0.576. The van der Waals surface area contributed by atoms with Crippen LogP contribution in [-0.4, -0.2) is 29.7 Å². The van der Waals surface area contributed by atoms with Crippen LogP contribution >= 0.6 is 27.3 Å². The number of hydrogen-bond acceptors (Lipinski definition) is 6. The van der Waals surface area contributed by atoms with Crippen molar-refractivity contribution in [2.45, 2.75) is 17.9 Å². The van der Waals surface area contributed by atoms with E-state index in [2.05, 4.69) is 30.8 Å². The van der Waals surface area contributed by atoms with Crippen LogP contribution in [0.5, 0.6) is 0 Å². The van der Waals surface area contributed by atoms with Crippen LogP contribution in [0.2, 0.25) is 0 Å². The molecule has 0 radical (unpaired) electrons. The Kier molecular flexibility index (Phi) is 4.91. The lowest BCUT2D eigenvalue weighted by Gasteiger charge is -2.05. The Balaban J connectivity index is 2.04. The van der Waals surface area contributed by atoms with Crippen molar-refractivity contribution >= 4 is 37.3 Å². The topological polar surface area (TPSA) is 103 Å². The fraction of sp³-hybridized carbons (Fsp3) is 0.400. The summed E-state index contributed by atoms with van der Waals surface area (Å²) < 4.78 is 29.2. The predicted octanol–water partition coefficient (Wildman–Crippen LogP) is 0.619. The summed E-state index contributed by atoms with van der Waals surface area (Å²) in [5.74, 6) is 0.722. The lowest BCUT2D eigenvalue weighted by atomic mass is 10.4. The molecule has 2 heterocycles. The van der Waals surface area contributed by atoms with E-state index in [4.69, 9.17) is 5.73 Å². The smallest absolute Gasteiger partial charge is 0.242 e. The molecule has 2 aromatic rings. The van der Waals surface area contributed by atoms with E-state index < -0.39 is 10.0 Å². The van der Waals surface area contributed by atoms with Crippen molar-refractivity contribution in [3.8, 4) is 0 Å². The quantitative estimate of drug-likeness (QED) is 0.765. The summed E-state index contributed by atoms with van der Waals surface area (Å²) in [5, 5.41) is 7.64. The van der Waals surface area contributed by atoms with Crippen molar-refractivity contribution in [3.05, 3.63) is 26.9 Å². The first-order valence-corrected chi connectivity index (χ1v) is 8.84. The van der Waals surface area contributed by atoms with E-state index in [1.165, 1.54) is 11.3 Å². The predicted molar refractivity (Wildman–Crippen MR) is 79.8 cm³/mol. The number of halogens is 1. The molecular weight excluding hydrogens is 366 g/mol. The molecule has 0 atom stereocenters. The van der Waals surface area contributed by atoms with Gasteiger partial charge in [0.15, 0.2) is 0 Å². The number of aromatic nitrogens is 3. The monoisotopic (exact) mass is 379 g/mol. The number of nitrogens with one attached hydrogen (secondary N) is 1. The number of sulfonamides is 1. The van der Waals surface area contributed by atoms with Crippen LogP contribution in [0.15, 0.2) is 21.1 Å². The van der Waals surface area contributed by atoms with E-state index in [9.17, 15) is 8.42 Å². The highest BCUT2D eigenvalue weighted by Gasteiger charge is 2.20. The van der Waals surface area contributed by atoms with Gasteiger partial charge in [0, 0.05) is 31.4 Å². The van der Waals surface area contributed by atoms with Crippen LogP contribution in [0.1, 0.15) is 10.7 Å². The first kappa shape index (κ1) is 15.6. The molecule has 0 aliphatic heterocycles. The molecule has 20 heavy (non-hydrogen) atoms. The Morgan fingerprint density at radius 1 is 1.55 bits per heavy atom. The van der Waals surface area contributed by atoms with Gasteiger partial charge in [-0.15, -0.1) is 21.5 Å². The molecule has 3 N–H and O–H groups in total. The van der Waals surface area contributed by atoms with Crippen LogP contribution in [0.4, 0.5) is 0 Å². The SMILES string of the molecule is Cn1cnnc1CCNS(=O)(=O)c1cc(CN)sc1Br. The van der Waals surface area contributed by atoms with E-state index in [1.807, 2.05) is 7.05 Å². The lowest BCUT2D eigenvalue weighted by Crippen LogP contribution is -2.26. The van der Waals surface area contributed by atoms with Crippen molar-refractivity contribution in [2.75, 3.05) is 6.54 Å². The average Bonchev–Trinajstić information content (AvgIpc) is 2.96. The molecule has 0 spiro atoms. The van der Waals surface area contributed by atoms with Gasteiger partial charge >= 0.3 is 0 Å². The van der Waals surface area contributed by atoms with Crippen LogP contribution in [-0.2, 0) is 30.0 Å². The fourth-order valence-corrected chi connectivity index (χ4v) is 5.18. The minimum atomic E-state index is -3.55. The van der Waals surface area contributed by atoms with Crippen molar-refractivity contribution < 1.29 is 8.42 Å². The number of nitrogens with two attached hydrogens (primary N) is 1. The number of hydrogen-bond donors (Lipinski definition) is 2. The highest BCUT2D eigenvalue weighted by Crippen LogP contribution is 2.31. The molecule has 110 valence electrons.